The van der Waals surface area contributed by atoms with E-state index >= 15 is 0 Å². The normalized spacial score (nSPS) is 18.0. The van der Waals surface area contributed by atoms with Crippen LogP contribution >= 0.6 is 0 Å². The lowest BCUT2D eigenvalue weighted by atomic mass is 9.98. The van der Waals surface area contributed by atoms with E-state index < -0.39 is 6.29 Å². The maximum atomic E-state index is 12.4. The molecule has 1 saturated heterocycles. The average molecular weight is 614 g/mol. The molecule has 2 amide bonds. The number of unbranched alkanes of at least 4 members (excludes halogenated alkanes) is 2. The van der Waals surface area contributed by atoms with Crippen molar-refractivity contribution in [1.82, 2.24) is 15.5 Å². The SMILES string of the molecule is C=CCN(C)C[C@@H]1C[C@H](c2ccc(CO)cc2)O[C@H](c2cccc(-c3cccc(CNC(=O)CCCCCNC(C)=O)c3)c2)O1. The Hall–Kier alpha value is -3.82. The molecule has 3 N–H and O–H groups in total. The molecule has 0 spiro atoms. The largest absolute Gasteiger partial charge is 0.392 e. The molecule has 3 aromatic carbocycles. The number of rotatable bonds is 16. The van der Waals surface area contributed by atoms with Gasteiger partial charge in [0.2, 0.25) is 11.8 Å². The summed E-state index contributed by atoms with van der Waals surface area (Å²) in [4.78, 5) is 25.5. The van der Waals surface area contributed by atoms with Crippen LogP contribution in [-0.4, -0.2) is 54.6 Å². The second-order valence-corrected chi connectivity index (χ2v) is 11.8. The first kappa shape index (κ1) is 34.1. The summed E-state index contributed by atoms with van der Waals surface area (Å²) in [5.74, 6) is 0.00602. The first-order valence-corrected chi connectivity index (χ1v) is 15.8. The summed E-state index contributed by atoms with van der Waals surface area (Å²) in [5.41, 5.74) is 6.00. The van der Waals surface area contributed by atoms with E-state index in [4.69, 9.17) is 9.47 Å². The highest BCUT2D eigenvalue weighted by molar-refractivity contribution is 5.76. The zero-order valence-corrected chi connectivity index (χ0v) is 26.5. The highest BCUT2D eigenvalue weighted by Gasteiger charge is 2.32. The van der Waals surface area contributed by atoms with E-state index in [2.05, 4.69) is 53.4 Å². The van der Waals surface area contributed by atoms with Crippen molar-refractivity contribution in [3.05, 3.63) is 108 Å². The van der Waals surface area contributed by atoms with Gasteiger partial charge >= 0.3 is 0 Å². The van der Waals surface area contributed by atoms with Crippen LogP contribution in [0.4, 0.5) is 0 Å². The molecule has 0 aromatic heterocycles. The van der Waals surface area contributed by atoms with Crippen LogP contribution in [0.15, 0.2) is 85.5 Å². The molecule has 0 saturated carbocycles. The number of hydrogen-bond acceptors (Lipinski definition) is 6. The third-order valence-corrected chi connectivity index (χ3v) is 7.93. The van der Waals surface area contributed by atoms with Gasteiger partial charge in [0.25, 0.3) is 0 Å². The van der Waals surface area contributed by atoms with Crippen LogP contribution in [0.3, 0.4) is 0 Å². The van der Waals surface area contributed by atoms with E-state index in [0.29, 0.717) is 19.5 Å². The van der Waals surface area contributed by atoms with Crippen molar-refractivity contribution in [2.45, 2.75) is 70.7 Å². The molecule has 240 valence electrons. The fourth-order valence-corrected chi connectivity index (χ4v) is 5.54. The minimum atomic E-state index is -0.538. The summed E-state index contributed by atoms with van der Waals surface area (Å²) in [6, 6.07) is 24.4. The molecule has 8 heteroatoms. The zero-order chi connectivity index (χ0) is 32.0. The minimum Gasteiger partial charge on any atom is -0.392 e. The van der Waals surface area contributed by atoms with Gasteiger partial charge in [-0.3, -0.25) is 9.59 Å². The highest BCUT2D eigenvalue weighted by atomic mass is 16.7. The predicted molar refractivity (Wildman–Crippen MR) is 177 cm³/mol. The van der Waals surface area contributed by atoms with E-state index in [1.165, 1.54) is 6.92 Å². The molecule has 1 fully saturated rings. The first-order valence-electron chi connectivity index (χ1n) is 15.8. The third kappa shape index (κ3) is 10.9. The van der Waals surface area contributed by atoms with Gasteiger partial charge < -0.3 is 30.1 Å². The lowest BCUT2D eigenvalue weighted by Gasteiger charge is -2.37. The van der Waals surface area contributed by atoms with Crippen molar-refractivity contribution in [1.29, 1.82) is 0 Å². The van der Waals surface area contributed by atoms with Crippen LogP contribution in [0.25, 0.3) is 11.1 Å². The molecule has 1 aliphatic rings. The summed E-state index contributed by atoms with van der Waals surface area (Å²) in [7, 11) is 2.06. The molecule has 0 bridgehead atoms. The summed E-state index contributed by atoms with van der Waals surface area (Å²) in [6.45, 7) is 8.02. The van der Waals surface area contributed by atoms with E-state index in [-0.39, 0.29) is 30.6 Å². The van der Waals surface area contributed by atoms with Crippen molar-refractivity contribution in [3.63, 3.8) is 0 Å². The fraction of sp³-hybridized carbons (Fsp3) is 0.405. The average Bonchev–Trinajstić information content (AvgIpc) is 3.05. The molecular weight excluding hydrogens is 566 g/mol. The van der Waals surface area contributed by atoms with Crippen LogP contribution in [0.5, 0.6) is 0 Å². The van der Waals surface area contributed by atoms with Gasteiger partial charge in [-0.15, -0.1) is 6.58 Å². The monoisotopic (exact) mass is 613 g/mol. The van der Waals surface area contributed by atoms with Crippen molar-refractivity contribution in [2.75, 3.05) is 26.7 Å². The number of carbonyl (C=O) groups is 2. The smallest absolute Gasteiger partial charge is 0.220 e. The van der Waals surface area contributed by atoms with Gasteiger partial charge in [-0.05, 0) is 59.8 Å². The summed E-state index contributed by atoms with van der Waals surface area (Å²) < 4.78 is 13.1. The number of aliphatic hydroxyl groups excluding tert-OH is 1. The second kappa shape index (κ2) is 17.6. The molecule has 3 atom stereocenters. The van der Waals surface area contributed by atoms with Gasteiger partial charge in [-0.2, -0.15) is 0 Å². The molecule has 0 aliphatic carbocycles. The van der Waals surface area contributed by atoms with E-state index in [1.807, 2.05) is 54.6 Å². The molecule has 0 unspecified atom stereocenters. The van der Waals surface area contributed by atoms with Crippen LogP contribution < -0.4 is 10.6 Å². The second-order valence-electron chi connectivity index (χ2n) is 11.8. The third-order valence-electron chi connectivity index (χ3n) is 7.93. The van der Waals surface area contributed by atoms with Gasteiger partial charge in [0.15, 0.2) is 6.29 Å². The summed E-state index contributed by atoms with van der Waals surface area (Å²) in [6.07, 6.45) is 4.93. The van der Waals surface area contributed by atoms with Gasteiger partial charge in [0.1, 0.15) is 0 Å². The maximum absolute atomic E-state index is 12.4. The van der Waals surface area contributed by atoms with E-state index in [1.54, 1.807) is 0 Å². The standard InChI is InChI=1S/C37H47N3O5/c1-4-20-40(3)25-34-23-35(30-17-15-28(26-41)16-18-30)45-37(44-34)33-13-9-12-32(22-33)31-11-8-10-29(21-31)24-39-36(43)14-6-5-7-19-38-27(2)42/h4,8-13,15-18,21-22,34-35,37,41H,1,5-7,14,19-20,23-26H2,2-3H3,(H,38,42)(H,39,43)/t34-,35+,37+/m0/s1. The summed E-state index contributed by atoms with van der Waals surface area (Å²) in [5, 5.41) is 15.3. The maximum Gasteiger partial charge on any atom is 0.220 e. The number of aliphatic hydroxyl groups is 1. The topological polar surface area (TPSA) is 100 Å². The lowest BCUT2D eigenvalue weighted by Crippen LogP contribution is -2.37. The predicted octanol–water partition coefficient (Wildman–Crippen LogP) is 5.82. The minimum absolute atomic E-state index is 0.00893. The molecule has 3 aromatic rings. The first-order chi connectivity index (χ1) is 21.8. The Bertz CT molecular complexity index is 1390. The number of nitrogens with one attached hydrogen (secondary N) is 2. The van der Waals surface area contributed by atoms with Gasteiger partial charge in [-0.1, -0.05) is 73.2 Å². The van der Waals surface area contributed by atoms with Crippen LogP contribution in [0, 0.1) is 0 Å². The molecule has 45 heavy (non-hydrogen) atoms. The molecule has 4 rings (SSSR count). The lowest BCUT2D eigenvalue weighted by molar-refractivity contribution is -0.252. The molecule has 1 heterocycles. The van der Waals surface area contributed by atoms with Crippen molar-refractivity contribution >= 4 is 11.8 Å². The Labute approximate surface area is 267 Å². The molecule has 8 nitrogen and oxygen atoms in total. The number of carbonyl (C=O) groups excluding carboxylic acids is 2. The van der Waals surface area contributed by atoms with Gasteiger partial charge in [0, 0.05) is 51.5 Å². The quantitative estimate of drug-likeness (QED) is 0.139. The Morgan fingerprint density at radius 3 is 2.42 bits per heavy atom. The number of amides is 2. The number of nitrogens with zero attached hydrogens (tertiary/aromatic N) is 1. The van der Waals surface area contributed by atoms with Gasteiger partial charge in [-0.25, -0.2) is 0 Å². The Morgan fingerprint density at radius 2 is 1.69 bits per heavy atom. The van der Waals surface area contributed by atoms with E-state index in [0.717, 1.165) is 72.2 Å². The van der Waals surface area contributed by atoms with E-state index in [9.17, 15) is 14.7 Å². The Balaban J connectivity index is 1.41. The Morgan fingerprint density at radius 1 is 0.933 bits per heavy atom. The zero-order valence-electron chi connectivity index (χ0n) is 26.5. The number of hydrogen-bond donors (Lipinski definition) is 3. The molecule has 0 radical (unpaired) electrons. The van der Waals surface area contributed by atoms with Crippen LogP contribution in [0.1, 0.15) is 73.7 Å². The van der Waals surface area contributed by atoms with Gasteiger partial charge in [0.05, 0.1) is 18.8 Å². The number of likely N-dealkylation sites (N-methyl/N-ethyl adjacent to an activating group) is 1. The van der Waals surface area contributed by atoms with Crippen molar-refractivity contribution < 1.29 is 24.2 Å². The number of ether oxygens (including phenoxy) is 2. The Kier molecular flexibility index (Phi) is 13.3. The van der Waals surface area contributed by atoms with Crippen LogP contribution in [0.2, 0.25) is 0 Å². The highest BCUT2D eigenvalue weighted by Crippen LogP contribution is 2.39. The fourth-order valence-electron chi connectivity index (χ4n) is 5.54. The summed E-state index contributed by atoms with van der Waals surface area (Å²) >= 11 is 0. The molecular formula is C37H47N3O5. The van der Waals surface area contributed by atoms with Crippen molar-refractivity contribution in [3.8, 4) is 11.1 Å². The molecule has 1 aliphatic heterocycles. The van der Waals surface area contributed by atoms with Crippen molar-refractivity contribution in [2.24, 2.45) is 0 Å². The van der Waals surface area contributed by atoms with Crippen LogP contribution in [-0.2, 0) is 32.2 Å². The number of benzene rings is 3.